The molecule has 3 N–H and O–H groups in total. The lowest BCUT2D eigenvalue weighted by molar-refractivity contribution is 0.0755. The van der Waals surface area contributed by atoms with Gasteiger partial charge in [0.1, 0.15) is 0 Å². The summed E-state index contributed by atoms with van der Waals surface area (Å²) in [5, 5.41) is 3.26. The molecule has 124 valence electrons. The summed E-state index contributed by atoms with van der Waals surface area (Å²) in [6.45, 7) is 1.88. The van der Waals surface area contributed by atoms with Gasteiger partial charge in [-0.1, -0.05) is 6.42 Å². The summed E-state index contributed by atoms with van der Waals surface area (Å²) in [5.74, 6) is 1.13. The van der Waals surface area contributed by atoms with Gasteiger partial charge in [-0.05, 0) is 56.6 Å². The number of hydrogen-bond donors (Lipinski definition) is 2. The van der Waals surface area contributed by atoms with Gasteiger partial charge >= 0.3 is 0 Å². The lowest BCUT2D eigenvalue weighted by Crippen LogP contribution is -2.53. The first-order valence-electron chi connectivity index (χ1n) is 7.63. The van der Waals surface area contributed by atoms with E-state index < -0.39 is 0 Å². The summed E-state index contributed by atoms with van der Waals surface area (Å²) >= 11 is 0. The van der Waals surface area contributed by atoms with Gasteiger partial charge < -0.3 is 11.1 Å². The minimum absolute atomic E-state index is 0. The van der Waals surface area contributed by atoms with Crippen LogP contribution in [0.25, 0.3) is 0 Å². The number of carbonyl (C=O) groups excluding carboxylic acids is 1. The van der Waals surface area contributed by atoms with Crippen molar-refractivity contribution in [3.05, 3.63) is 29.6 Å². The largest absolute Gasteiger partial charge is 0.349 e. The lowest BCUT2D eigenvalue weighted by atomic mass is 9.67. The van der Waals surface area contributed by atoms with Crippen molar-refractivity contribution in [3.63, 3.8) is 0 Å². The van der Waals surface area contributed by atoms with Crippen molar-refractivity contribution in [1.29, 1.82) is 0 Å². The topological polar surface area (TPSA) is 68.0 Å². The molecule has 2 saturated carbocycles. The van der Waals surface area contributed by atoms with E-state index in [1.165, 1.54) is 19.3 Å². The molecule has 2 aliphatic carbocycles. The standard InChI is InChI=1S/C16H23N3O.2ClH/c1-10-14(6-3-7-18-10)16(20)19-15-11-4-2-5-12(15)9-13(17)8-11;;/h3,6-7,11-13,15H,2,4-5,8-9,17H2,1H3,(H,19,20);2*1H. The highest BCUT2D eigenvalue weighted by Gasteiger charge is 2.40. The van der Waals surface area contributed by atoms with Crippen molar-refractivity contribution in [2.75, 3.05) is 0 Å². The first kappa shape index (κ1) is 19.2. The Labute approximate surface area is 144 Å². The quantitative estimate of drug-likeness (QED) is 0.865. The number of aryl methyl sites for hydroxylation is 1. The Kier molecular flexibility index (Phi) is 7.10. The Morgan fingerprint density at radius 2 is 1.91 bits per heavy atom. The van der Waals surface area contributed by atoms with Crippen molar-refractivity contribution in [2.24, 2.45) is 17.6 Å². The molecule has 2 unspecified atom stereocenters. The second kappa shape index (κ2) is 8.14. The van der Waals surface area contributed by atoms with Gasteiger partial charge in [-0.15, -0.1) is 24.8 Å². The lowest BCUT2D eigenvalue weighted by Gasteiger charge is -2.45. The number of nitrogens with two attached hydrogens (primary N) is 1. The Bertz CT molecular complexity index is 498. The molecular formula is C16H25Cl2N3O. The van der Waals surface area contributed by atoms with Crippen molar-refractivity contribution >= 4 is 30.7 Å². The molecule has 0 radical (unpaired) electrons. The van der Waals surface area contributed by atoms with Crippen LogP contribution in [0.3, 0.4) is 0 Å². The maximum atomic E-state index is 12.5. The predicted octanol–water partition coefficient (Wildman–Crippen LogP) is 2.87. The molecule has 4 nitrogen and oxygen atoms in total. The van der Waals surface area contributed by atoms with Crippen LogP contribution in [0.5, 0.6) is 0 Å². The predicted molar refractivity (Wildman–Crippen MR) is 92.8 cm³/mol. The second-order valence-corrected chi connectivity index (χ2v) is 6.32. The van der Waals surface area contributed by atoms with E-state index in [-0.39, 0.29) is 30.7 Å². The molecule has 0 aliphatic heterocycles. The molecule has 0 aromatic carbocycles. The average Bonchev–Trinajstić information content (AvgIpc) is 2.40. The highest BCUT2D eigenvalue weighted by Crippen LogP contribution is 2.39. The van der Waals surface area contributed by atoms with E-state index in [0.29, 0.717) is 29.5 Å². The fourth-order valence-electron chi connectivity index (χ4n) is 3.98. The summed E-state index contributed by atoms with van der Waals surface area (Å²) in [7, 11) is 0. The van der Waals surface area contributed by atoms with E-state index in [4.69, 9.17) is 5.73 Å². The van der Waals surface area contributed by atoms with E-state index in [1.807, 2.05) is 19.1 Å². The fraction of sp³-hybridized carbons (Fsp3) is 0.625. The fourth-order valence-corrected chi connectivity index (χ4v) is 3.98. The molecular weight excluding hydrogens is 321 g/mol. The van der Waals surface area contributed by atoms with E-state index in [0.717, 1.165) is 18.5 Å². The Morgan fingerprint density at radius 3 is 2.50 bits per heavy atom. The van der Waals surface area contributed by atoms with Crippen LogP contribution < -0.4 is 11.1 Å². The van der Waals surface area contributed by atoms with Crippen molar-refractivity contribution in [2.45, 2.75) is 51.1 Å². The minimum atomic E-state index is 0. The van der Waals surface area contributed by atoms with E-state index in [9.17, 15) is 4.79 Å². The van der Waals surface area contributed by atoms with Crippen molar-refractivity contribution in [3.8, 4) is 0 Å². The number of halogens is 2. The van der Waals surface area contributed by atoms with Gasteiger partial charge in [0.15, 0.2) is 0 Å². The molecule has 1 amide bonds. The van der Waals surface area contributed by atoms with Gasteiger partial charge in [0, 0.05) is 24.0 Å². The zero-order valence-corrected chi connectivity index (χ0v) is 14.5. The summed E-state index contributed by atoms with van der Waals surface area (Å²) in [5.41, 5.74) is 7.62. The van der Waals surface area contributed by atoms with Crippen molar-refractivity contribution < 1.29 is 4.79 Å². The molecule has 22 heavy (non-hydrogen) atoms. The summed E-state index contributed by atoms with van der Waals surface area (Å²) in [6, 6.07) is 4.29. The summed E-state index contributed by atoms with van der Waals surface area (Å²) in [6.07, 6.45) is 7.49. The van der Waals surface area contributed by atoms with E-state index in [2.05, 4.69) is 10.3 Å². The number of fused-ring (bicyclic) bond motifs is 2. The maximum absolute atomic E-state index is 12.5. The number of amides is 1. The van der Waals surface area contributed by atoms with Gasteiger partial charge in [0.05, 0.1) is 5.56 Å². The molecule has 0 saturated heterocycles. The van der Waals surface area contributed by atoms with Gasteiger partial charge in [0.25, 0.3) is 5.91 Å². The summed E-state index contributed by atoms with van der Waals surface area (Å²) < 4.78 is 0. The van der Waals surface area contributed by atoms with Crippen LogP contribution in [-0.2, 0) is 0 Å². The average molecular weight is 346 g/mol. The van der Waals surface area contributed by atoms with Gasteiger partial charge in [-0.2, -0.15) is 0 Å². The number of pyridine rings is 1. The Hall–Kier alpha value is -0.840. The number of rotatable bonds is 2. The second-order valence-electron chi connectivity index (χ2n) is 6.32. The maximum Gasteiger partial charge on any atom is 0.253 e. The van der Waals surface area contributed by atoms with Crippen LogP contribution in [0.15, 0.2) is 18.3 Å². The monoisotopic (exact) mass is 345 g/mol. The zero-order chi connectivity index (χ0) is 14.1. The number of carbonyl (C=O) groups is 1. The number of nitrogens with zero attached hydrogens (tertiary/aromatic N) is 1. The molecule has 6 heteroatoms. The molecule has 1 aromatic heterocycles. The SMILES string of the molecule is Cc1ncccc1C(=O)NC1C2CCCC1CC(N)C2.Cl.Cl. The van der Waals surface area contributed by atoms with Crippen LogP contribution in [0.2, 0.25) is 0 Å². The normalized spacial score (nSPS) is 29.7. The van der Waals surface area contributed by atoms with Gasteiger partial charge in [0.2, 0.25) is 0 Å². The Morgan fingerprint density at radius 1 is 1.27 bits per heavy atom. The number of nitrogens with one attached hydrogen (secondary N) is 1. The minimum Gasteiger partial charge on any atom is -0.349 e. The first-order valence-corrected chi connectivity index (χ1v) is 7.63. The first-order chi connectivity index (χ1) is 9.65. The van der Waals surface area contributed by atoms with E-state index >= 15 is 0 Å². The molecule has 2 atom stereocenters. The highest BCUT2D eigenvalue weighted by molar-refractivity contribution is 5.95. The zero-order valence-electron chi connectivity index (χ0n) is 12.8. The molecule has 1 aromatic rings. The van der Waals surface area contributed by atoms with Crippen LogP contribution in [0.4, 0.5) is 0 Å². The third kappa shape index (κ3) is 3.92. The molecule has 2 bridgehead atoms. The third-order valence-corrected chi connectivity index (χ3v) is 4.93. The van der Waals surface area contributed by atoms with Crippen LogP contribution in [-0.4, -0.2) is 23.0 Å². The molecule has 0 spiro atoms. The van der Waals surface area contributed by atoms with Gasteiger partial charge in [-0.3, -0.25) is 9.78 Å². The smallest absolute Gasteiger partial charge is 0.253 e. The number of hydrogen-bond acceptors (Lipinski definition) is 3. The molecule has 1 heterocycles. The molecule has 2 fully saturated rings. The van der Waals surface area contributed by atoms with Crippen molar-refractivity contribution in [1.82, 2.24) is 10.3 Å². The Balaban J connectivity index is 0.00000121. The number of aromatic nitrogens is 1. The third-order valence-electron chi connectivity index (χ3n) is 4.93. The van der Waals surface area contributed by atoms with Crippen LogP contribution >= 0.6 is 24.8 Å². The molecule has 2 aliphatic rings. The van der Waals surface area contributed by atoms with Crippen LogP contribution in [0.1, 0.15) is 48.2 Å². The van der Waals surface area contributed by atoms with Gasteiger partial charge in [-0.25, -0.2) is 0 Å². The highest BCUT2D eigenvalue weighted by atomic mass is 35.5. The molecule has 3 rings (SSSR count). The summed E-state index contributed by atoms with van der Waals surface area (Å²) in [4.78, 5) is 16.7. The van der Waals surface area contributed by atoms with Crippen LogP contribution in [0, 0.1) is 18.8 Å². The van der Waals surface area contributed by atoms with E-state index in [1.54, 1.807) is 6.20 Å².